The molecular weight excluding hydrogens is 318 g/mol. The summed E-state index contributed by atoms with van der Waals surface area (Å²) in [7, 11) is 3.28. The number of nitrogens with zero attached hydrogens (tertiary/aromatic N) is 1. The summed E-state index contributed by atoms with van der Waals surface area (Å²) in [5.41, 5.74) is 3.53. The van der Waals surface area contributed by atoms with E-state index in [-0.39, 0.29) is 12.6 Å². The van der Waals surface area contributed by atoms with Crippen LogP contribution in [0.15, 0.2) is 42.5 Å². The number of aliphatic hydroxyl groups excluding tert-OH is 2. The maximum Gasteiger partial charge on any atom is 0.161 e. The molecule has 25 heavy (non-hydrogen) atoms. The number of methoxy groups -OCH3 is 2. The Kier molecular flexibility index (Phi) is 5.58. The highest BCUT2D eigenvalue weighted by Gasteiger charge is 2.31. The van der Waals surface area contributed by atoms with Gasteiger partial charge < -0.3 is 19.7 Å². The molecule has 0 amide bonds. The van der Waals surface area contributed by atoms with E-state index in [2.05, 4.69) is 17.0 Å². The minimum atomic E-state index is -0.757. The number of aliphatic hydroxyl groups is 2. The van der Waals surface area contributed by atoms with Gasteiger partial charge >= 0.3 is 0 Å². The molecule has 3 rings (SSSR count). The van der Waals surface area contributed by atoms with Crippen LogP contribution in [-0.4, -0.2) is 55.1 Å². The number of ether oxygens (including phenoxy) is 2. The number of rotatable bonds is 6. The van der Waals surface area contributed by atoms with Crippen LogP contribution < -0.4 is 9.47 Å². The Morgan fingerprint density at radius 2 is 1.80 bits per heavy atom. The Balaban J connectivity index is 2.07. The van der Waals surface area contributed by atoms with E-state index in [1.54, 1.807) is 14.2 Å². The Bertz CT molecular complexity index is 704. The smallest absolute Gasteiger partial charge is 0.161 e. The summed E-state index contributed by atoms with van der Waals surface area (Å²) in [6, 6.07) is 14.3. The quantitative estimate of drug-likeness (QED) is 0.840. The molecule has 0 spiro atoms. The Labute approximate surface area is 148 Å². The highest BCUT2D eigenvalue weighted by Crippen LogP contribution is 2.40. The van der Waals surface area contributed by atoms with Crippen molar-refractivity contribution >= 4 is 0 Å². The normalized spacial score (nSPS) is 18.5. The summed E-state index contributed by atoms with van der Waals surface area (Å²) in [6.07, 6.45) is 0.102. The lowest BCUT2D eigenvalue weighted by atomic mass is 9.87. The lowest BCUT2D eigenvalue weighted by Gasteiger charge is -2.39. The lowest BCUT2D eigenvalue weighted by Crippen LogP contribution is -2.41. The minimum absolute atomic E-state index is 0.00551. The molecule has 0 radical (unpaired) electrons. The summed E-state index contributed by atoms with van der Waals surface area (Å²) in [5.74, 6) is 1.43. The molecule has 0 saturated carbocycles. The van der Waals surface area contributed by atoms with Crippen molar-refractivity contribution in [3.63, 3.8) is 0 Å². The van der Waals surface area contributed by atoms with E-state index in [0.717, 1.165) is 29.8 Å². The van der Waals surface area contributed by atoms with E-state index in [1.807, 2.05) is 30.3 Å². The van der Waals surface area contributed by atoms with Crippen LogP contribution >= 0.6 is 0 Å². The molecule has 0 fully saturated rings. The van der Waals surface area contributed by atoms with E-state index in [1.165, 1.54) is 5.56 Å². The summed E-state index contributed by atoms with van der Waals surface area (Å²) >= 11 is 0. The zero-order valence-electron chi connectivity index (χ0n) is 14.7. The monoisotopic (exact) mass is 343 g/mol. The average Bonchev–Trinajstić information content (AvgIpc) is 2.67. The van der Waals surface area contributed by atoms with Gasteiger partial charge in [-0.15, -0.1) is 0 Å². The minimum Gasteiger partial charge on any atom is -0.493 e. The van der Waals surface area contributed by atoms with Crippen LogP contribution in [0.4, 0.5) is 0 Å². The van der Waals surface area contributed by atoms with Crippen LogP contribution in [0.2, 0.25) is 0 Å². The Hall–Kier alpha value is -2.08. The molecule has 0 aromatic heterocycles. The summed E-state index contributed by atoms with van der Waals surface area (Å²) in [4.78, 5) is 2.21. The van der Waals surface area contributed by atoms with Crippen molar-refractivity contribution in [2.75, 3.05) is 33.9 Å². The molecule has 1 aliphatic heterocycles. The molecule has 0 aliphatic carbocycles. The zero-order chi connectivity index (χ0) is 17.8. The van der Waals surface area contributed by atoms with E-state index >= 15 is 0 Å². The first-order valence-electron chi connectivity index (χ1n) is 8.50. The fourth-order valence-electron chi connectivity index (χ4n) is 3.55. The fourth-order valence-corrected chi connectivity index (χ4v) is 3.55. The predicted octanol–water partition coefficient (Wildman–Crippen LogP) is 2.00. The first kappa shape index (κ1) is 17.7. The maximum absolute atomic E-state index is 9.97. The second-order valence-electron chi connectivity index (χ2n) is 6.30. The number of hydrogen-bond donors (Lipinski definition) is 2. The molecule has 2 unspecified atom stereocenters. The van der Waals surface area contributed by atoms with Crippen molar-refractivity contribution in [2.45, 2.75) is 18.6 Å². The van der Waals surface area contributed by atoms with Crippen LogP contribution in [0.5, 0.6) is 11.5 Å². The van der Waals surface area contributed by atoms with Crippen molar-refractivity contribution in [1.29, 1.82) is 0 Å². The van der Waals surface area contributed by atoms with Gasteiger partial charge in [0.15, 0.2) is 11.5 Å². The molecule has 0 bridgehead atoms. The number of benzene rings is 2. The predicted molar refractivity (Wildman–Crippen MR) is 96.2 cm³/mol. The third-order valence-electron chi connectivity index (χ3n) is 4.74. The van der Waals surface area contributed by atoms with Gasteiger partial charge in [0.25, 0.3) is 0 Å². The molecule has 5 heteroatoms. The van der Waals surface area contributed by atoms with E-state index in [0.29, 0.717) is 12.3 Å². The summed E-state index contributed by atoms with van der Waals surface area (Å²) in [5, 5.41) is 19.2. The van der Waals surface area contributed by atoms with Gasteiger partial charge in [0.2, 0.25) is 0 Å². The zero-order valence-corrected chi connectivity index (χ0v) is 14.7. The number of fused-ring (bicyclic) bond motifs is 1. The van der Waals surface area contributed by atoms with E-state index in [9.17, 15) is 10.2 Å². The molecule has 2 atom stereocenters. The molecule has 1 heterocycles. The molecule has 1 aliphatic rings. The largest absolute Gasteiger partial charge is 0.493 e. The van der Waals surface area contributed by atoms with Crippen LogP contribution in [0.25, 0.3) is 0 Å². The van der Waals surface area contributed by atoms with Gasteiger partial charge in [0, 0.05) is 13.1 Å². The number of hydrogen-bond acceptors (Lipinski definition) is 5. The SMILES string of the molecule is COc1cc2c(cc1OC)C(c1ccccc1)N(CC(O)CO)CC2. The van der Waals surface area contributed by atoms with E-state index in [4.69, 9.17) is 9.47 Å². The van der Waals surface area contributed by atoms with E-state index < -0.39 is 6.10 Å². The lowest BCUT2D eigenvalue weighted by molar-refractivity contribution is 0.0474. The molecule has 2 aromatic rings. The maximum atomic E-state index is 9.97. The summed E-state index contributed by atoms with van der Waals surface area (Å²) < 4.78 is 10.9. The van der Waals surface area contributed by atoms with Crippen molar-refractivity contribution in [2.24, 2.45) is 0 Å². The molecule has 2 N–H and O–H groups in total. The summed E-state index contributed by atoms with van der Waals surface area (Å²) in [6.45, 7) is 0.986. The van der Waals surface area contributed by atoms with Crippen molar-refractivity contribution in [1.82, 2.24) is 4.90 Å². The first-order chi connectivity index (χ1) is 12.2. The Morgan fingerprint density at radius 1 is 1.12 bits per heavy atom. The number of β-amino-alcohol motifs (C(OH)–C–C–N with tert-alkyl or cyclic N) is 1. The van der Waals surface area contributed by atoms with Gasteiger partial charge in [-0.3, -0.25) is 4.90 Å². The van der Waals surface area contributed by atoms with Crippen molar-refractivity contribution in [3.05, 3.63) is 59.2 Å². The van der Waals surface area contributed by atoms with Gasteiger partial charge in [0.05, 0.1) is 33.0 Å². The van der Waals surface area contributed by atoms with Crippen LogP contribution in [-0.2, 0) is 6.42 Å². The Morgan fingerprint density at radius 3 is 2.44 bits per heavy atom. The fraction of sp³-hybridized carbons (Fsp3) is 0.400. The molecule has 134 valence electrons. The second kappa shape index (κ2) is 7.87. The van der Waals surface area contributed by atoms with Gasteiger partial charge in [-0.1, -0.05) is 30.3 Å². The average molecular weight is 343 g/mol. The molecular formula is C20H25NO4. The molecule has 0 saturated heterocycles. The standard InChI is InChI=1S/C20H25NO4/c1-24-18-10-15-8-9-21(12-16(23)13-22)20(14-6-4-3-5-7-14)17(15)11-19(18)25-2/h3-7,10-11,16,20,22-23H,8-9,12-13H2,1-2H3. The van der Waals surface area contributed by atoms with Gasteiger partial charge in [-0.05, 0) is 35.2 Å². The second-order valence-corrected chi connectivity index (χ2v) is 6.30. The highest BCUT2D eigenvalue weighted by atomic mass is 16.5. The van der Waals surface area contributed by atoms with Crippen molar-refractivity contribution < 1.29 is 19.7 Å². The third-order valence-corrected chi connectivity index (χ3v) is 4.74. The van der Waals surface area contributed by atoms with Crippen LogP contribution in [0, 0.1) is 0 Å². The highest BCUT2D eigenvalue weighted by molar-refractivity contribution is 5.51. The van der Waals surface area contributed by atoms with Gasteiger partial charge in [-0.2, -0.15) is 0 Å². The molecule has 2 aromatic carbocycles. The van der Waals surface area contributed by atoms with Crippen molar-refractivity contribution in [3.8, 4) is 11.5 Å². The third kappa shape index (κ3) is 3.63. The van der Waals surface area contributed by atoms with Crippen LogP contribution in [0.3, 0.4) is 0 Å². The van der Waals surface area contributed by atoms with Gasteiger partial charge in [-0.25, -0.2) is 0 Å². The molecule has 5 nitrogen and oxygen atoms in total. The first-order valence-corrected chi connectivity index (χ1v) is 8.50. The van der Waals surface area contributed by atoms with Crippen LogP contribution in [0.1, 0.15) is 22.7 Å². The topological polar surface area (TPSA) is 62.2 Å². The van der Waals surface area contributed by atoms with Gasteiger partial charge in [0.1, 0.15) is 0 Å².